The molecule has 1 aromatic carbocycles. The molecule has 2 aliphatic rings. The van der Waals surface area contributed by atoms with Crippen LogP contribution in [0, 0.1) is 5.41 Å². The van der Waals surface area contributed by atoms with E-state index in [1.54, 1.807) is 31.2 Å². The normalized spacial score (nSPS) is 24.6. The summed E-state index contributed by atoms with van der Waals surface area (Å²) in [5.74, 6) is -2.21. The molecule has 2 fully saturated rings. The van der Waals surface area contributed by atoms with Crippen LogP contribution in [0.3, 0.4) is 0 Å². The Balaban J connectivity index is 1.84. The van der Waals surface area contributed by atoms with Crippen LogP contribution in [0.1, 0.15) is 25.3 Å². The summed E-state index contributed by atoms with van der Waals surface area (Å²) in [6, 6.07) is 5.81. The number of carboxylic acid groups (broad SMARTS) is 1. The number of carbonyl (C=O) groups is 4. The van der Waals surface area contributed by atoms with Crippen LogP contribution < -0.4 is 16.0 Å². The van der Waals surface area contributed by atoms with Gasteiger partial charge in [-0.15, -0.1) is 0 Å². The van der Waals surface area contributed by atoms with Crippen molar-refractivity contribution in [2.75, 3.05) is 5.32 Å². The molecule has 4 N–H and O–H groups in total. The van der Waals surface area contributed by atoms with E-state index in [1.807, 2.05) is 0 Å². The van der Waals surface area contributed by atoms with Gasteiger partial charge < -0.3 is 15.7 Å². The third-order valence-corrected chi connectivity index (χ3v) is 4.34. The highest BCUT2D eigenvalue weighted by molar-refractivity contribution is 6.11. The fraction of sp³-hybridized carbons (Fsp3) is 0.333. The predicted octanol–water partition coefficient (Wildman–Crippen LogP) is 0.544. The lowest BCUT2D eigenvalue weighted by Gasteiger charge is -2.22. The predicted molar refractivity (Wildman–Crippen MR) is 78.4 cm³/mol. The van der Waals surface area contributed by atoms with Crippen LogP contribution in [0.4, 0.5) is 10.5 Å². The molecular weight excluding hydrogens is 302 g/mol. The molecule has 1 aromatic rings. The average Bonchev–Trinajstić information content (AvgIpc) is 3.24. The van der Waals surface area contributed by atoms with Crippen LogP contribution in [-0.4, -0.2) is 28.9 Å². The third-order valence-electron chi connectivity index (χ3n) is 4.34. The fourth-order valence-corrected chi connectivity index (χ4v) is 2.57. The molecule has 1 saturated heterocycles. The second kappa shape index (κ2) is 4.80. The lowest BCUT2D eigenvalue weighted by atomic mass is 9.92. The van der Waals surface area contributed by atoms with E-state index in [-0.39, 0.29) is 0 Å². The van der Waals surface area contributed by atoms with Gasteiger partial charge in [-0.2, -0.15) is 0 Å². The molecule has 23 heavy (non-hydrogen) atoms. The van der Waals surface area contributed by atoms with Crippen LogP contribution in [0.25, 0.3) is 0 Å². The van der Waals surface area contributed by atoms with E-state index in [0.29, 0.717) is 24.1 Å². The number of anilines is 1. The molecule has 1 unspecified atom stereocenters. The summed E-state index contributed by atoms with van der Waals surface area (Å²) >= 11 is 0. The highest BCUT2D eigenvalue weighted by Crippen LogP contribution is 2.46. The molecule has 1 aliphatic carbocycles. The van der Waals surface area contributed by atoms with Gasteiger partial charge in [0, 0.05) is 5.69 Å². The lowest BCUT2D eigenvalue weighted by molar-refractivity contribution is -0.147. The van der Waals surface area contributed by atoms with Crippen LogP contribution >= 0.6 is 0 Å². The van der Waals surface area contributed by atoms with Gasteiger partial charge in [-0.05, 0) is 37.5 Å². The Morgan fingerprint density at radius 3 is 2.48 bits per heavy atom. The van der Waals surface area contributed by atoms with Gasteiger partial charge in [0.05, 0.1) is 0 Å². The smallest absolute Gasteiger partial charge is 0.322 e. The van der Waals surface area contributed by atoms with Crippen molar-refractivity contribution in [3.05, 3.63) is 29.8 Å². The molecule has 0 spiro atoms. The molecular formula is C15H15N3O5. The van der Waals surface area contributed by atoms with E-state index in [4.69, 9.17) is 5.11 Å². The number of amides is 4. The maximum absolute atomic E-state index is 12.1. The highest BCUT2D eigenvalue weighted by Gasteiger charge is 2.57. The Morgan fingerprint density at radius 2 is 1.96 bits per heavy atom. The summed E-state index contributed by atoms with van der Waals surface area (Å²) < 4.78 is 0. The van der Waals surface area contributed by atoms with Gasteiger partial charge in [0.25, 0.3) is 5.91 Å². The van der Waals surface area contributed by atoms with Crippen LogP contribution in [0.5, 0.6) is 0 Å². The van der Waals surface area contributed by atoms with Gasteiger partial charge in [-0.3, -0.25) is 19.7 Å². The number of rotatable bonds is 4. The number of hydrogen-bond donors (Lipinski definition) is 4. The zero-order valence-electron chi connectivity index (χ0n) is 12.3. The number of imide groups is 1. The van der Waals surface area contributed by atoms with Crippen molar-refractivity contribution >= 4 is 29.5 Å². The lowest BCUT2D eigenvalue weighted by Crippen LogP contribution is -2.40. The first-order valence-corrected chi connectivity index (χ1v) is 7.07. The topological polar surface area (TPSA) is 125 Å². The van der Waals surface area contributed by atoms with E-state index in [9.17, 15) is 19.2 Å². The quantitative estimate of drug-likeness (QED) is 0.476. The average molecular weight is 317 g/mol. The third kappa shape index (κ3) is 2.32. The van der Waals surface area contributed by atoms with Crippen LogP contribution in [0.2, 0.25) is 0 Å². The number of benzene rings is 1. The van der Waals surface area contributed by atoms with E-state index in [2.05, 4.69) is 16.0 Å². The monoisotopic (exact) mass is 317 g/mol. The summed E-state index contributed by atoms with van der Waals surface area (Å²) in [5, 5.41) is 16.4. The van der Waals surface area contributed by atoms with E-state index >= 15 is 0 Å². The highest BCUT2D eigenvalue weighted by atomic mass is 16.4. The Morgan fingerprint density at radius 1 is 1.26 bits per heavy atom. The minimum atomic E-state index is -1.35. The van der Waals surface area contributed by atoms with Crippen LogP contribution in [-0.2, 0) is 19.9 Å². The van der Waals surface area contributed by atoms with Crippen molar-refractivity contribution in [2.45, 2.75) is 25.3 Å². The maximum Gasteiger partial charge on any atom is 0.322 e. The number of hydrogen-bond acceptors (Lipinski definition) is 4. The molecule has 3 rings (SSSR count). The molecule has 0 bridgehead atoms. The first-order valence-electron chi connectivity index (χ1n) is 7.07. The van der Waals surface area contributed by atoms with Gasteiger partial charge in [0.15, 0.2) is 0 Å². The number of carboxylic acids is 1. The van der Waals surface area contributed by atoms with Crippen molar-refractivity contribution in [2.24, 2.45) is 5.41 Å². The van der Waals surface area contributed by atoms with Gasteiger partial charge in [-0.25, -0.2) is 4.79 Å². The second-order valence-electron chi connectivity index (χ2n) is 5.96. The first-order chi connectivity index (χ1) is 10.8. The maximum atomic E-state index is 12.1. The standard InChI is InChI=1S/C15H15N3O5/c1-14(10(19)17-13(23)18-14)8-3-2-4-9(7-8)16-11(20)15(5-6-15)12(21)22/h2-4,7H,5-6H2,1H3,(H,16,20)(H,21,22)(H2,17,18,19,23). The van der Waals surface area contributed by atoms with Crippen molar-refractivity contribution in [3.63, 3.8) is 0 Å². The number of urea groups is 1. The summed E-state index contributed by atoms with van der Waals surface area (Å²) in [5.41, 5.74) is -1.73. The molecule has 1 heterocycles. The van der Waals surface area contributed by atoms with Gasteiger partial charge >= 0.3 is 12.0 Å². The molecule has 4 amide bonds. The van der Waals surface area contributed by atoms with Crippen molar-refractivity contribution in [1.82, 2.24) is 10.6 Å². The molecule has 8 heteroatoms. The fourth-order valence-electron chi connectivity index (χ4n) is 2.57. The van der Waals surface area contributed by atoms with Gasteiger partial charge in [0.2, 0.25) is 5.91 Å². The molecule has 1 aliphatic heterocycles. The van der Waals surface area contributed by atoms with Crippen molar-refractivity contribution in [1.29, 1.82) is 0 Å². The Labute approximate surface area is 131 Å². The largest absolute Gasteiger partial charge is 0.480 e. The van der Waals surface area contributed by atoms with Crippen molar-refractivity contribution in [3.8, 4) is 0 Å². The van der Waals surface area contributed by atoms with Crippen LogP contribution in [0.15, 0.2) is 24.3 Å². The number of carbonyl (C=O) groups excluding carboxylic acids is 3. The zero-order valence-corrected chi connectivity index (χ0v) is 12.3. The summed E-state index contributed by atoms with van der Waals surface area (Å²) in [4.78, 5) is 46.6. The number of aliphatic carboxylic acids is 1. The van der Waals surface area contributed by atoms with Gasteiger partial charge in [-0.1, -0.05) is 12.1 Å². The van der Waals surface area contributed by atoms with Gasteiger partial charge in [0.1, 0.15) is 11.0 Å². The summed E-state index contributed by atoms with van der Waals surface area (Å²) in [7, 11) is 0. The minimum Gasteiger partial charge on any atom is -0.480 e. The Hall–Kier alpha value is -2.90. The minimum absolute atomic E-state index is 0.310. The second-order valence-corrected chi connectivity index (χ2v) is 5.96. The van der Waals surface area contributed by atoms with E-state index in [0.717, 1.165) is 0 Å². The zero-order chi connectivity index (χ0) is 16.8. The summed E-state index contributed by atoms with van der Waals surface area (Å²) in [6.45, 7) is 1.55. The van der Waals surface area contributed by atoms with E-state index < -0.39 is 34.8 Å². The SMILES string of the molecule is CC1(c2cccc(NC(=O)C3(C(=O)O)CC3)c2)NC(=O)NC1=O. The molecule has 8 nitrogen and oxygen atoms in total. The van der Waals surface area contributed by atoms with Crippen molar-refractivity contribution < 1.29 is 24.3 Å². The summed E-state index contributed by atoms with van der Waals surface area (Å²) in [6.07, 6.45) is 0.619. The Kier molecular flexibility index (Phi) is 3.13. The van der Waals surface area contributed by atoms with E-state index in [1.165, 1.54) is 0 Å². The molecule has 0 aromatic heterocycles. The molecule has 0 radical (unpaired) electrons. The molecule has 120 valence electrons. The first kappa shape index (κ1) is 15.0. The Bertz CT molecular complexity index is 740. The molecule has 1 atom stereocenters. The molecule has 1 saturated carbocycles. The number of nitrogens with one attached hydrogen (secondary N) is 3.